The normalized spacial score (nSPS) is 15.3. The molecule has 0 aliphatic heterocycles. The molecule has 3 aromatic heterocycles. The van der Waals surface area contributed by atoms with Crippen molar-refractivity contribution in [2.75, 3.05) is 25.1 Å². The second-order valence-electron chi connectivity index (χ2n) is 8.76. The average molecular weight is 457 g/mol. The van der Waals surface area contributed by atoms with Crippen LogP contribution in [0.3, 0.4) is 0 Å². The third-order valence-electron chi connectivity index (χ3n) is 6.73. The van der Waals surface area contributed by atoms with Crippen molar-refractivity contribution in [3.8, 4) is 11.6 Å². The molecule has 0 fully saturated rings. The van der Waals surface area contributed by atoms with Crippen molar-refractivity contribution in [2.45, 2.75) is 45.7 Å². The molecule has 1 atom stereocenters. The summed E-state index contributed by atoms with van der Waals surface area (Å²) in [5.41, 5.74) is 7.64. The molecule has 4 aromatic rings. The number of hydrogen-bond donors (Lipinski definition) is 1. The highest BCUT2D eigenvalue weighted by Gasteiger charge is 2.22. The standard InChI is InChI=1S/C27H32N6O/c1-4-32(5-2)22-9-6-19(7-10-22)17-29-21-8-11-23-20(16-21)18-33(31-23)25-14-15-28-24-12-13-26(34-3)30-27(24)25/h6-7,9-10,12-15,18,21,29H,4-5,8,11,16-17H2,1-3H3. The summed E-state index contributed by atoms with van der Waals surface area (Å²) in [6.07, 6.45) is 7.00. The minimum Gasteiger partial charge on any atom is -0.481 e. The molecule has 1 aliphatic carbocycles. The van der Waals surface area contributed by atoms with Gasteiger partial charge in [-0.3, -0.25) is 4.98 Å². The lowest BCUT2D eigenvalue weighted by Crippen LogP contribution is -2.33. The smallest absolute Gasteiger partial charge is 0.213 e. The number of anilines is 1. The predicted molar refractivity (Wildman–Crippen MR) is 136 cm³/mol. The van der Waals surface area contributed by atoms with E-state index < -0.39 is 0 Å². The van der Waals surface area contributed by atoms with E-state index in [1.807, 2.05) is 29.1 Å². The lowest BCUT2D eigenvalue weighted by atomic mass is 9.93. The summed E-state index contributed by atoms with van der Waals surface area (Å²) in [7, 11) is 1.63. The summed E-state index contributed by atoms with van der Waals surface area (Å²) in [6.45, 7) is 7.34. The first kappa shape index (κ1) is 22.3. The van der Waals surface area contributed by atoms with Gasteiger partial charge in [-0.2, -0.15) is 5.10 Å². The Labute approximate surface area is 200 Å². The Morgan fingerprint density at radius 3 is 2.68 bits per heavy atom. The SMILES string of the molecule is CCN(CC)c1ccc(CNC2CCc3nn(-c4ccnc5ccc(OC)nc45)cc3C2)cc1. The van der Waals surface area contributed by atoms with Crippen molar-refractivity contribution in [3.63, 3.8) is 0 Å². The molecule has 1 aromatic carbocycles. The number of hydrogen-bond acceptors (Lipinski definition) is 6. The minimum absolute atomic E-state index is 0.444. The summed E-state index contributed by atoms with van der Waals surface area (Å²) in [6, 6.07) is 15.1. The number of benzene rings is 1. The Kier molecular flexibility index (Phi) is 6.45. The topological polar surface area (TPSA) is 68.1 Å². The van der Waals surface area contributed by atoms with Crippen LogP contribution < -0.4 is 15.0 Å². The van der Waals surface area contributed by atoms with Crippen LogP contribution in [0.2, 0.25) is 0 Å². The van der Waals surface area contributed by atoms with E-state index in [1.165, 1.54) is 22.5 Å². The maximum atomic E-state index is 5.32. The monoisotopic (exact) mass is 456 g/mol. The Hall–Kier alpha value is -3.45. The van der Waals surface area contributed by atoms with Crippen molar-refractivity contribution in [1.82, 2.24) is 25.1 Å². The zero-order valence-corrected chi connectivity index (χ0v) is 20.2. The molecule has 5 rings (SSSR count). The Morgan fingerprint density at radius 2 is 1.91 bits per heavy atom. The van der Waals surface area contributed by atoms with E-state index in [1.54, 1.807) is 7.11 Å². The average Bonchev–Trinajstić information content (AvgIpc) is 3.31. The van der Waals surface area contributed by atoms with Gasteiger partial charge >= 0.3 is 0 Å². The van der Waals surface area contributed by atoms with Crippen LogP contribution in [-0.2, 0) is 19.4 Å². The first-order chi connectivity index (χ1) is 16.7. The van der Waals surface area contributed by atoms with E-state index in [4.69, 9.17) is 9.84 Å². The van der Waals surface area contributed by atoms with Crippen molar-refractivity contribution < 1.29 is 4.74 Å². The lowest BCUT2D eigenvalue weighted by molar-refractivity contribution is 0.399. The second-order valence-corrected chi connectivity index (χ2v) is 8.76. The van der Waals surface area contributed by atoms with E-state index in [0.717, 1.165) is 55.6 Å². The van der Waals surface area contributed by atoms with E-state index >= 15 is 0 Å². The van der Waals surface area contributed by atoms with Crippen molar-refractivity contribution in [1.29, 1.82) is 0 Å². The van der Waals surface area contributed by atoms with E-state index in [2.05, 4.69) is 64.5 Å². The molecule has 34 heavy (non-hydrogen) atoms. The third kappa shape index (κ3) is 4.48. The van der Waals surface area contributed by atoms with E-state index in [9.17, 15) is 0 Å². The number of aromatic nitrogens is 4. The first-order valence-corrected chi connectivity index (χ1v) is 12.1. The van der Waals surface area contributed by atoms with Gasteiger partial charge in [0, 0.05) is 49.8 Å². The molecule has 176 valence electrons. The first-order valence-electron chi connectivity index (χ1n) is 12.1. The summed E-state index contributed by atoms with van der Waals surface area (Å²) in [5.74, 6) is 0.577. The molecule has 7 nitrogen and oxygen atoms in total. The fourth-order valence-electron chi connectivity index (χ4n) is 4.77. The van der Waals surface area contributed by atoms with Crippen LogP contribution in [0.15, 0.2) is 54.9 Å². The highest BCUT2D eigenvalue weighted by atomic mass is 16.5. The molecular formula is C27H32N6O. The van der Waals surface area contributed by atoms with Crippen LogP contribution >= 0.6 is 0 Å². The van der Waals surface area contributed by atoms with Gasteiger partial charge in [-0.15, -0.1) is 0 Å². The van der Waals surface area contributed by atoms with Gasteiger partial charge in [-0.25, -0.2) is 9.67 Å². The fraction of sp³-hybridized carbons (Fsp3) is 0.370. The number of methoxy groups -OCH3 is 1. The van der Waals surface area contributed by atoms with Crippen LogP contribution in [0.25, 0.3) is 16.7 Å². The summed E-state index contributed by atoms with van der Waals surface area (Å²) >= 11 is 0. The molecular weight excluding hydrogens is 424 g/mol. The summed E-state index contributed by atoms with van der Waals surface area (Å²) in [4.78, 5) is 11.4. The molecule has 0 saturated heterocycles. The molecule has 7 heteroatoms. The van der Waals surface area contributed by atoms with Crippen molar-refractivity contribution >= 4 is 16.7 Å². The van der Waals surface area contributed by atoms with Crippen LogP contribution in [-0.4, -0.2) is 46.0 Å². The quantitative estimate of drug-likeness (QED) is 0.426. The Balaban J connectivity index is 1.28. The molecule has 0 amide bonds. The van der Waals surface area contributed by atoms with Crippen LogP contribution in [0.1, 0.15) is 37.1 Å². The van der Waals surface area contributed by atoms with E-state index in [-0.39, 0.29) is 0 Å². The molecule has 0 radical (unpaired) electrons. The van der Waals surface area contributed by atoms with Gasteiger partial charge in [0.1, 0.15) is 5.52 Å². The number of nitrogens with one attached hydrogen (secondary N) is 1. The molecule has 1 N–H and O–H groups in total. The lowest BCUT2D eigenvalue weighted by Gasteiger charge is -2.23. The Bertz CT molecular complexity index is 1260. The Morgan fingerprint density at radius 1 is 1.09 bits per heavy atom. The predicted octanol–water partition coefficient (Wildman–Crippen LogP) is 4.32. The molecule has 3 heterocycles. The maximum absolute atomic E-state index is 5.32. The summed E-state index contributed by atoms with van der Waals surface area (Å²) < 4.78 is 7.28. The summed E-state index contributed by atoms with van der Waals surface area (Å²) in [5, 5.41) is 8.66. The van der Waals surface area contributed by atoms with E-state index in [0.29, 0.717) is 11.9 Å². The number of rotatable bonds is 8. The van der Waals surface area contributed by atoms with Gasteiger partial charge in [0.15, 0.2) is 0 Å². The number of ether oxygens (including phenoxy) is 1. The van der Waals surface area contributed by atoms with Gasteiger partial charge in [0.05, 0.1) is 24.0 Å². The van der Waals surface area contributed by atoms with Crippen molar-refractivity contribution in [2.24, 2.45) is 0 Å². The van der Waals surface area contributed by atoms with Crippen LogP contribution in [0, 0.1) is 0 Å². The highest BCUT2D eigenvalue weighted by molar-refractivity contribution is 5.83. The zero-order chi connectivity index (χ0) is 23.5. The number of pyridine rings is 2. The van der Waals surface area contributed by atoms with Gasteiger partial charge in [0.25, 0.3) is 0 Å². The molecule has 0 bridgehead atoms. The highest BCUT2D eigenvalue weighted by Crippen LogP contribution is 2.26. The third-order valence-corrected chi connectivity index (χ3v) is 6.73. The second kappa shape index (κ2) is 9.81. The fourth-order valence-corrected chi connectivity index (χ4v) is 4.77. The number of aryl methyl sites for hydroxylation is 1. The maximum Gasteiger partial charge on any atom is 0.213 e. The van der Waals surface area contributed by atoms with Crippen molar-refractivity contribution in [3.05, 3.63) is 71.7 Å². The van der Waals surface area contributed by atoms with Crippen LogP contribution in [0.4, 0.5) is 5.69 Å². The van der Waals surface area contributed by atoms with Crippen LogP contribution in [0.5, 0.6) is 5.88 Å². The minimum atomic E-state index is 0.444. The molecule has 1 aliphatic rings. The molecule has 1 unspecified atom stereocenters. The van der Waals surface area contributed by atoms with Gasteiger partial charge in [-0.1, -0.05) is 12.1 Å². The van der Waals surface area contributed by atoms with Gasteiger partial charge in [-0.05, 0) is 68.5 Å². The molecule has 0 saturated carbocycles. The number of nitrogens with zero attached hydrogens (tertiary/aromatic N) is 5. The largest absolute Gasteiger partial charge is 0.481 e. The van der Waals surface area contributed by atoms with Gasteiger partial charge < -0.3 is 15.0 Å². The van der Waals surface area contributed by atoms with Gasteiger partial charge in [0.2, 0.25) is 5.88 Å². The number of fused-ring (bicyclic) bond motifs is 2. The molecule has 0 spiro atoms. The zero-order valence-electron chi connectivity index (χ0n) is 20.2.